The van der Waals surface area contributed by atoms with E-state index in [2.05, 4.69) is 11.0 Å². The Bertz CT molecular complexity index is 838. The van der Waals surface area contributed by atoms with E-state index in [0.717, 1.165) is 37.2 Å². The second-order valence-electron chi connectivity index (χ2n) is 7.93. The van der Waals surface area contributed by atoms with E-state index >= 15 is 0 Å². The van der Waals surface area contributed by atoms with Gasteiger partial charge in [-0.05, 0) is 17.5 Å². The number of benzene rings is 2. The first-order valence-electron chi connectivity index (χ1n) is 9.76. The van der Waals surface area contributed by atoms with Gasteiger partial charge in [0.2, 0.25) is 0 Å². The highest BCUT2D eigenvalue weighted by Gasteiger charge is 2.48. The maximum Gasteiger partial charge on any atom is 0.410 e. The van der Waals surface area contributed by atoms with E-state index in [1.165, 1.54) is 0 Å². The van der Waals surface area contributed by atoms with Gasteiger partial charge in [-0.25, -0.2) is 4.79 Å². The lowest BCUT2D eigenvalue weighted by atomic mass is 9.73. The number of nitriles is 1. The number of carbonyl (C=O) groups excluding carboxylic acids is 1. The molecule has 0 N–H and O–H groups in total. The van der Waals surface area contributed by atoms with Gasteiger partial charge >= 0.3 is 6.09 Å². The lowest BCUT2D eigenvalue weighted by Crippen LogP contribution is -2.38. The summed E-state index contributed by atoms with van der Waals surface area (Å²) < 4.78 is 5.66. The van der Waals surface area contributed by atoms with Gasteiger partial charge in [0.15, 0.2) is 0 Å². The molecule has 1 spiro atoms. The predicted molar refractivity (Wildman–Crippen MR) is 107 cm³/mol. The molecular formula is C23H25N3O2. The van der Waals surface area contributed by atoms with E-state index in [4.69, 9.17) is 4.74 Å². The number of rotatable bonds is 5. The Morgan fingerprint density at radius 3 is 2.18 bits per heavy atom. The molecule has 0 aliphatic carbocycles. The van der Waals surface area contributed by atoms with Crippen molar-refractivity contribution in [2.75, 3.05) is 33.2 Å². The number of likely N-dealkylation sites (tertiary alicyclic amines) is 1. The van der Waals surface area contributed by atoms with Gasteiger partial charge in [-0.2, -0.15) is 5.26 Å². The van der Waals surface area contributed by atoms with Gasteiger partial charge in [-0.15, -0.1) is 0 Å². The molecule has 0 aromatic heterocycles. The molecule has 0 unspecified atom stereocenters. The lowest BCUT2D eigenvalue weighted by molar-refractivity contribution is 0.0630. The van der Waals surface area contributed by atoms with Crippen LogP contribution in [0, 0.1) is 11.3 Å². The SMILES string of the molecule is CN1C[C@]2(CCN(CCC(C#N)(c3ccccc3)c3ccccc3)C2)OC1=O. The fourth-order valence-electron chi connectivity index (χ4n) is 4.53. The Hall–Kier alpha value is -2.84. The van der Waals surface area contributed by atoms with Gasteiger partial charge in [-0.1, -0.05) is 60.7 Å². The van der Waals surface area contributed by atoms with Crippen LogP contribution in [0.4, 0.5) is 4.79 Å². The molecular weight excluding hydrogens is 350 g/mol. The van der Waals surface area contributed by atoms with Crippen molar-refractivity contribution < 1.29 is 9.53 Å². The lowest BCUT2D eigenvalue weighted by Gasteiger charge is -2.30. The zero-order valence-corrected chi connectivity index (χ0v) is 16.2. The van der Waals surface area contributed by atoms with Crippen molar-refractivity contribution in [1.29, 1.82) is 5.26 Å². The first-order valence-corrected chi connectivity index (χ1v) is 9.76. The molecule has 2 fully saturated rings. The zero-order valence-electron chi connectivity index (χ0n) is 16.2. The summed E-state index contributed by atoms with van der Waals surface area (Å²) >= 11 is 0. The highest BCUT2D eigenvalue weighted by molar-refractivity contribution is 5.70. The predicted octanol–water partition coefficient (Wildman–Crippen LogP) is 3.41. The summed E-state index contributed by atoms with van der Waals surface area (Å²) in [7, 11) is 1.78. The van der Waals surface area contributed by atoms with Crippen molar-refractivity contribution in [3.63, 3.8) is 0 Å². The summed E-state index contributed by atoms with van der Waals surface area (Å²) in [5.41, 5.74) is 0.955. The van der Waals surface area contributed by atoms with Crippen LogP contribution in [0.3, 0.4) is 0 Å². The molecule has 0 saturated carbocycles. The summed E-state index contributed by atoms with van der Waals surface area (Å²) in [6.45, 7) is 3.03. The molecule has 5 heteroatoms. The second kappa shape index (κ2) is 7.29. The number of hydrogen-bond donors (Lipinski definition) is 0. The fourth-order valence-corrected chi connectivity index (χ4v) is 4.53. The van der Waals surface area contributed by atoms with Gasteiger partial charge in [0, 0.05) is 33.1 Å². The molecule has 0 radical (unpaired) electrons. The minimum Gasteiger partial charge on any atom is -0.439 e. The number of ether oxygens (including phenoxy) is 1. The Labute approximate surface area is 166 Å². The molecule has 28 heavy (non-hydrogen) atoms. The van der Waals surface area contributed by atoms with Gasteiger partial charge in [0.25, 0.3) is 0 Å². The van der Waals surface area contributed by atoms with Gasteiger partial charge in [0.1, 0.15) is 11.0 Å². The average molecular weight is 375 g/mol. The van der Waals surface area contributed by atoms with E-state index in [9.17, 15) is 10.1 Å². The van der Waals surface area contributed by atoms with Gasteiger partial charge in [0.05, 0.1) is 12.6 Å². The van der Waals surface area contributed by atoms with Gasteiger partial charge in [-0.3, -0.25) is 4.90 Å². The van der Waals surface area contributed by atoms with Crippen molar-refractivity contribution in [3.05, 3.63) is 71.8 Å². The highest BCUT2D eigenvalue weighted by Crippen LogP contribution is 2.37. The summed E-state index contributed by atoms with van der Waals surface area (Å²) in [5.74, 6) is 0. The standard InChI is InChI=1S/C23H25N3O2/c1-25-17-22(28-21(25)27)12-14-26(18-22)15-13-23(16-24,19-8-4-2-5-9-19)20-10-6-3-7-11-20/h2-11H,12-15,17-18H2,1H3/t22-/m0/s1. The molecule has 2 aliphatic heterocycles. The molecule has 4 rings (SSSR count). The molecule has 2 heterocycles. The summed E-state index contributed by atoms with van der Waals surface area (Å²) in [6, 6.07) is 22.7. The molecule has 1 atom stereocenters. The summed E-state index contributed by atoms with van der Waals surface area (Å²) in [6.07, 6.45) is 1.30. The van der Waals surface area contributed by atoms with Crippen LogP contribution in [0.2, 0.25) is 0 Å². The van der Waals surface area contributed by atoms with Crippen LogP contribution >= 0.6 is 0 Å². The first-order chi connectivity index (χ1) is 13.6. The van der Waals surface area contributed by atoms with Crippen LogP contribution in [-0.4, -0.2) is 54.7 Å². The van der Waals surface area contributed by atoms with E-state index < -0.39 is 5.41 Å². The van der Waals surface area contributed by atoms with Crippen LogP contribution in [0.1, 0.15) is 24.0 Å². The van der Waals surface area contributed by atoms with E-state index in [0.29, 0.717) is 13.0 Å². The van der Waals surface area contributed by atoms with Crippen molar-refractivity contribution in [1.82, 2.24) is 9.80 Å². The van der Waals surface area contributed by atoms with Crippen molar-refractivity contribution in [2.45, 2.75) is 23.9 Å². The van der Waals surface area contributed by atoms with Crippen molar-refractivity contribution >= 4 is 6.09 Å². The normalized spacial score (nSPS) is 22.4. The van der Waals surface area contributed by atoms with Crippen LogP contribution in [0.5, 0.6) is 0 Å². The average Bonchev–Trinajstić information content (AvgIpc) is 3.25. The van der Waals surface area contributed by atoms with E-state index in [-0.39, 0.29) is 11.7 Å². The maximum absolute atomic E-state index is 11.8. The summed E-state index contributed by atoms with van der Waals surface area (Å²) in [5, 5.41) is 10.3. The Kier molecular flexibility index (Phi) is 4.82. The van der Waals surface area contributed by atoms with E-state index in [1.807, 2.05) is 60.7 Å². The Morgan fingerprint density at radius 1 is 1.07 bits per heavy atom. The number of amides is 1. The smallest absolute Gasteiger partial charge is 0.410 e. The molecule has 5 nitrogen and oxygen atoms in total. The number of likely N-dealkylation sites (N-methyl/N-ethyl adjacent to an activating group) is 1. The number of carbonyl (C=O) groups is 1. The Morgan fingerprint density at radius 2 is 1.68 bits per heavy atom. The quantitative estimate of drug-likeness (QED) is 0.804. The molecule has 2 aromatic rings. The third-order valence-corrected chi connectivity index (χ3v) is 6.06. The Balaban J connectivity index is 1.55. The fraction of sp³-hybridized carbons (Fsp3) is 0.391. The molecule has 2 aromatic carbocycles. The third kappa shape index (κ3) is 3.25. The summed E-state index contributed by atoms with van der Waals surface area (Å²) in [4.78, 5) is 15.8. The molecule has 0 bridgehead atoms. The minimum absolute atomic E-state index is 0.234. The second-order valence-corrected chi connectivity index (χ2v) is 7.93. The van der Waals surface area contributed by atoms with Crippen LogP contribution in [0.15, 0.2) is 60.7 Å². The zero-order chi connectivity index (χ0) is 19.6. The van der Waals surface area contributed by atoms with Crippen LogP contribution < -0.4 is 0 Å². The van der Waals surface area contributed by atoms with Crippen molar-refractivity contribution in [3.8, 4) is 6.07 Å². The third-order valence-electron chi connectivity index (χ3n) is 6.06. The monoisotopic (exact) mass is 375 g/mol. The first kappa shape index (κ1) is 18.5. The topological polar surface area (TPSA) is 56.6 Å². The van der Waals surface area contributed by atoms with Crippen LogP contribution in [0.25, 0.3) is 0 Å². The van der Waals surface area contributed by atoms with Crippen molar-refractivity contribution in [2.24, 2.45) is 0 Å². The largest absolute Gasteiger partial charge is 0.439 e. The highest BCUT2D eigenvalue weighted by atomic mass is 16.6. The molecule has 2 saturated heterocycles. The number of nitrogens with zero attached hydrogens (tertiary/aromatic N) is 3. The maximum atomic E-state index is 11.8. The molecule has 1 amide bonds. The molecule has 2 aliphatic rings. The van der Waals surface area contributed by atoms with Crippen LogP contribution in [-0.2, 0) is 10.2 Å². The number of hydrogen-bond acceptors (Lipinski definition) is 4. The van der Waals surface area contributed by atoms with E-state index in [1.54, 1.807) is 11.9 Å². The molecule has 144 valence electrons. The van der Waals surface area contributed by atoms with Gasteiger partial charge < -0.3 is 9.64 Å². The minimum atomic E-state index is -0.693.